The Hall–Kier alpha value is -1.56. The predicted octanol–water partition coefficient (Wildman–Crippen LogP) is 2.66. The molecule has 0 saturated carbocycles. The summed E-state index contributed by atoms with van der Waals surface area (Å²) in [6.07, 6.45) is -3.30. The van der Waals surface area contributed by atoms with Gasteiger partial charge in [0, 0.05) is 18.6 Å². The molecule has 1 aliphatic heterocycles. The van der Waals surface area contributed by atoms with Crippen LogP contribution in [0.15, 0.2) is 24.3 Å². The Kier molecular flexibility index (Phi) is 4.04. The van der Waals surface area contributed by atoms with Crippen molar-refractivity contribution >= 4 is 5.91 Å². The van der Waals surface area contributed by atoms with Crippen molar-refractivity contribution in [2.24, 2.45) is 5.73 Å². The Morgan fingerprint density at radius 2 is 2.00 bits per heavy atom. The first-order valence-corrected chi connectivity index (χ1v) is 6.53. The van der Waals surface area contributed by atoms with Crippen molar-refractivity contribution in [2.45, 2.75) is 38.0 Å². The van der Waals surface area contributed by atoms with Gasteiger partial charge in [-0.1, -0.05) is 12.1 Å². The third kappa shape index (κ3) is 2.95. The second-order valence-electron chi connectivity index (χ2n) is 5.18. The fourth-order valence-corrected chi connectivity index (χ4v) is 2.58. The lowest BCUT2D eigenvalue weighted by Crippen LogP contribution is -2.48. The number of carbonyl (C=O) groups is 1. The van der Waals surface area contributed by atoms with Gasteiger partial charge in [0.25, 0.3) is 5.91 Å². The number of nitrogens with zero attached hydrogens (tertiary/aromatic N) is 1. The first-order chi connectivity index (χ1) is 9.30. The number of benzene rings is 1. The summed E-state index contributed by atoms with van der Waals surface area (Å²) in [4.78, 5) is 13.8. The van der Waals surface area contributed by atoms with Crippen molar-refractivity contribution in [3.63, 3.8) is 0 Å². The van der Waals surface area contributed by atoms with Gasteiger partial charge >= 0.3 is 6.18 Å². The standard InChI is InChI=1S/C14H17F3N2O/c1-9-8-10(18)6-7-19(9)13(20)11-4-2-3-5-12(11)14(15,16)17/h2-5,9-10H,6-8,18H2,1H3. The molecule has 1 saturated heterocycles. The number of halogens is 3. The van der Waals surface area contributed by atoms with Gasteiger partial charge in [-0.3, -0.25) is 4.79 Å². The van der Waals surface area contributed by atoms with Gasteiger partial charge in [0.1, 0.15) is 0 Å². The van der Waals surface area contributed by atoms with E-state index in [1.807, 2.05) is 6.92 Å². The zero-order chi connectivity index (χ0) is 14.9. The van der Waals surface area contributed by atoms with E-state index in [1.165, 1.54) is 23.1 Å². The molecule has 1 aliphatic rings. The molecule has 1 amide bonds. The topological polar surface area (TPSA) is 46.3 Å². The molecular weight excluding hydrogens is 269 g/mol. The summed E-state index contributed by atoms with van der Waals surface area (Å²) >= 11 is 0. The van der Waals surface area contributed by atoms with Gasteiger partial charge in [0.2, 0.25) is 0 Å². The van der Waals surface area contributed by atoms with E-state index in [-0.39, 0.29) is 17.6 Å². The minimum absolute atomic E-state index is 0.00640. The summed E-state index contributed by atoms with van der Waals surface area (Å²) in [5.41, 5.74) is 4.64. The second kappa shape index (κ2) is 5.44. The number of carbonyl (C=O) groups excluding carboxylic acids is 1. The molecule has 0 aromatic heterocycles. The van der Waals surface area contributed by atoms with Gasteiger partial charge in [-0.15, -0.1) is 0 Å². The van der Waals surface area contributed by atoms with E-state index in [1.54, 1.807) is 0 Å². The molecular formula is C14H17F3N2O. The molecule has 0 spiro atoms. The van der Waals surface area contributed by atoms with E-state index < -0.39 is 17.6 Å². The summed E-state index contributed by atoms with van der Waals surface area (Å²) < 4.78 is 38.8. The van der Waals surface area contributed by atoms with Gasteiger partial charge in [-0.25, -0.2) is 0 Å². The van der Waals surface area contributed by atoms with Crippen molar-refractivity contribution in [1.82, 2.24) is 4.90 Å². The van der Waals surface area contributed by atoms with Crippen LogP contribution in [0.25, 0.3) is 0 Å². The number of nitrogens with two attached hydrogens (primary N) is 1. The van der Waals surface area contributed by atoms with Crippen LogP contribution in [0.3, 0.4) is 0 Å². The lowest BCUT2D eigenvalue weighted by molar-refractivity contribution is -0.138. The Morgan fingerprint density at radius 3 is 2.60 bits per heavy atom. The minimum Gasteiger partial charge on any atom is -0.336 e. The minimum atomic E-state index is -4.53. The van der Waals surface area contributed by atoms with Crippen LogP contribution in [0, 0.1) is 0 Å². The van der Waals surface area contributed by atoms with Gasteiger partial charge in [-0.2, -0.15) is 13.2 Å². The average molecular weight is 286 g/mol. The molecule has 0 radical (unpaired) electrons. The Morgan fingerprint density at radius 1 is 1.35 bits per heavy atom. The fraction of sp³-hybridized carbons (Fsp3) is 0.500. The van der Waals surface area contributed by atoms with Gasteiger partial charge in [0.05, 0.1) is 11.1 Å². The number of likely N-dealkylation sites (tertiary alicyclic amines) is 1. The number of amides is 1. The van der Waals surface area contributed by atoms with Crippen LogP contribution >= 0.6 is 0 Å². The number of hydrogen-bond acceptors (Lipinski definition) is 2. The van der Waals surface area contributed by atoms with E-state index in [0.717, 1.165) is 6.07 Å². The van der Waals surface area contributed by atoms with Crippen molar-refractivity contribution in [3.8, 4) is 0 Å². The summed E-state index contributed by atoms with van der Waals surface area (Å²) in [6, 6.07) is 4.76. The maximum Gasteiger partial charge on any atom is 0.417 e. The normalized spacial score (nSPS) is 23.8. The summed E-state index contributed by atoms with van der Waals surface area (Å²) in [6.45, 7) is 2.21. The highest BCUT2D eigenvalue weighted by Gasteiger charge is 2.37. The van der Waals surface area contributed by atoms with E-state index >= 15 is 0 Å². The lowest BCUT2D eigenvalue weighted by atomic mass is 9.97. The van der Waals surface area contributed by atoms with Gasteiger partial charge < -0.3 is 10.6 Å². The van der Waals surface area contributed by atoms with Crippen LogP contribution < -0.4 is 5.73 Å². The second-order valence-corrected chi connectivity index (χ2v) is 5.18. The monoisotopic (exact) mass is 286 g/mol. The molecule has 1 heterocycles. The van der Waals surface area contributed by atoms with Crippen molar-refractivity contribution in [2.75, 3.05) is 6.54 Å². The third-order valence-corrected chi connectivity index (χ3v) is 3.64. The average Bonchev–Trinajstić information content (AvgIpc) is 2.37. The Labute approximate surface area is 115 Å². The molecule has 110 valence electrons. The Bertz CT molecular complexity index is 501. The molecule has 2 N–H and O–H groups in total. The molecule has 2 unspecified atom stereocenters. The first kappa shape index (κ1) is 14.8. The van der Waals surface area contributed by atoms with Crippen molar-refractivity contribution in [3.05, 3.63) is 35.4 Å². The van der Waals surface area contributed by atoms with E-state index in [2.05, 4.69) is 0 Å². The third-order valence-electron chi connectivity index (χ3n) is 3.64. The van der Waals surface area contributed by atoms with Crippen LogP contribution in [0.1, 0.15) is 35.7 Å². The molecule has 1 aromatic rings. The smallest absolute Gasteiger partial charge is 0.336 e. The number of hydrogen-bond donors (Lipinski definition) is 1. The number of rotatable bonds is 1. The number of piperidine rings is 1. The maximum absolute atomic E-state index is 12.9. The van der Waals surface area contributed by atoms with Gasteiger partial charge in [0.15, 0.2) is 0 Å². The van der Waals surface area contributed by atoms with E-state index in [9.17, 15) is 18.0 Å². The number of alkyl halides is 3. The lowest BCUT2D eigenvalue weighted by Gasteiger charge is -2.36. The quantitative estimate of drug-likeness (QED) is 0.862. The van der Waals surface area contributed by atoms with Crippen LogP contribution in [0.5, 0.6) is 0 Å². The molecule has 3 nitrogen and oxygen atoms in total. The van der Waals surface area contributed by atoms with Crippen LogP contribution in [-0.4, -0.2) is 29.4 Å². The largest absolute Gasteiger partial charge is 0.417 e. The fourth-order valence-electron chi connectivity index (χ4n) is 2.58. The summed E-state index contributed by atoms with van der Waals surface area (Å²) in [5, 5.41) is 0. The molecule has 6 heteroatoms. The molecule has 0 aliphatic carbocycles. The predicted molar refractivity (Wildman–Crippen MR) is 69.2 cm³/mol. The van der Waals surface area contributed by atoms with Crippen molar-refractivity contribution < 1.29 is 18.0 Å². The molecule has 20 heavy (non-hydrogen) atoms. The highest BCUT2D eigenvalue weighted by atomic mass is 19.4. The summed E-state index contributed by atoms with van der Waals surface area (Å²) in [5.74, 6) is -0.572. The van der Waals surface area contributed by atoms with Gasteiger partial charge in [-0.05, 0) is 31.9 Å². The zero-order valence-corrected chi connectivity index (χ0v) is 11.2. The SMILES string of the molecule is CC1CC(N)CCN1C(=O)c1ccccc1C(F)(F)F. The molecule has 2 rings (SSSR count). The van der Waals surface area contributed by atoms with Crippen molar-refractivity contribution in [1.29, 1.82) is 0 Å². The maximum atomic E-state index is 12.9. The summed E-state index contributed by atoms with van der Waals surface area (Å²) in [7, 11) is 0. The van der Waals surface area contributed by atoms with Crippen LogP contribution in [0.4, 0.5) is 13.2 Å². The van der Waals surface area contributed by atoms with Crippen LogP contribution in [-0.2, 0) is 6.18 Å². The molecule has 1 aromatic carbocycles. The van der Waals surface area contributed by atoms with E-state index in [0.29, 0.717) is 19.4 Å². The molecule has 2 atom stereocenters. The molecule has 1 fully saturated rings. The van der Waals surface area contributed by atoms with Crippen LogP contribution in [0.2, 0.25) is 0 Å². The highest BCUT2D eigenvalue weighted by molar-refractivity contribution is 5.96. The van der Waals surface area contributed by atoms with E-state index in [4.69, 9.17) is 5.73 Å². The Balaban J connectivity index is 2.30. The highest BCUT2D eigenvalue weighted by Crippen LogP contribution is 2.33. The zero-order valence-electron chi connectivity index (χ0n) is 11.2. The molecule has 0 bridgehead atoms. The first-order valence-electron chi connectivity index (χ1n) is 6.53.